The van der Waals surface area contributed by atoms with Crippen molar-refractivity contribution in [1.82, 2.24) is 0 Å². The van der Waals surface area contributed by atoms with Gasteiger partial charge in [0.25, 0.3) is 0 Å². The highest BCUT2D eigenvalue weighted by atomic mass is 15.1. The number of benzene rings is 10. The van der Waals surface area contributed by atoms with Crippen molar-refractivity contribution in [3.63, 3.8) is 0 Å². The van der Waals surface area contributed by atoms with E-state index in [0.29, 0.717) is 0 Å². The Morgan fingerprint density at radius 1 is 0.211 bits per heavy atom. The van der Waals surface area contributed by atoms with Gasteiger partial charge in [-0.25, -0.2) is 0 Å². The van der Waals surface area contributed by atoms with Crippen LogP contribution >= 0.6 is 0 Å². The number of hydrogen-bond donors (Lipinski definition) is 0. The Hall–Kier alpha value is -7.48. The van der Waals surface area contributed by atoms with E-state index in [9.17, 15) is 0 Å². The van der Waals surface area contributed by atoms with E-state index >= 15 is 0 Å². The first-order valence-electron chi connectivity index (χ1n) is 19.6. The Balaban J connectivity index is 1.19. The van der Waals surface area contributed by atoms with Gasteiger partial charge in [0.05, 0.1) is 0 Å². The van der Waals surface area contributed by atoms with Crippen LogP contribution in [0, 0.1) is 0 Å². The second-order valence-electron chi connectivity index (χ2n) is 14.5. The largest absolute Gasteiger partial charge is 0.310 e. The molecule has 10 aromatic rings. The van der Waals surface area contributed by atoms with Gasteiger partial charge in [-0.1, -0.05) is 188 Å². The summed E-state index contributed by atoms with van der Waals surface area (Å²) < 4.78 is 0. The number of anilines is 3. The van der Waals surface area contributed by atoms with Crippen molar-refractivity contribution in [3.8, 4) is 55.6 Å². The molecule has 0 radical (unpaired) electrons. The summed E-state index contributed by atoms with van der Waals surface area (Å²) in [6, 6.07) is 85.7. The summed E-state index contributed by atoms with van der Waals surface area (Å²) in [7, 11) is 0. The molecule has 268 valence electrons. The van der Waals surface area contributed by atoms with E-state index in [0.717, 1.165) is 17.1 Å². The van der Waals surface area contributed by atoms with Crippen LogP contribution in [0.4, 0.5) is 17.1 Å². The number of fused-ring (bicyclic) bond motifs is 3. The predicted octanol–water partition coefficient (Wildman–Crippen LogP) is 15.8. The van der Waals surface area contributed by atoms with Gasteiger partial charge >= 0.3 is 0 Å². The van der Waals surface area contributed by atoms with Crippen LogP contribution in [-0.2, 0) is 0 Å². The third kappa shape index (κ3) is 6.66. The minimum absolute atomic E-state index is 1.08. The van der Waals surface area contributed by atoms with E-state index < -0.39 is 0 Å². The molecule has 57 heavy (non-hydrogen) atoms. The van der Waals surface area contributed by atoms with Gasteiger partial charge in [-0.15, -0.1) is 0 Å². The first kappa shape index (κ1) is 34.0. The first-order chi connectivity index (χ1) is 28.3. The van der Waals surface area contributed by atoms with Crippen LogP contribution in [0.25, 0.3) is 77.2 Å². The summed E-state index contributed by atoms with van der Waals surface area (Å²) in [4.78, 5) is 2.42. The molecule has 10 aromatic carbocycles. The van der Waals surface area contributed by atoms with Crippen LogP contribution in [0.1, 0.15) is 0 Å². The third-order valence-corrected chi connectivity index (χ3v) is 11.0. The summed E-state index contributed by atoms with van der Waals surface area (Å²) >= 11 is 0. The van der Waals surface area contributed by atoms with E-state index in [2.05, 4.69) is 241 Å². The molecule has 1 heteroatoms. The van der Waals surface area contributed by atoms with Crippen LogP contribution in [0.5, 0.6) is 0 Å². The van der Waals surface area contributed by atoms with Gasteiger partial charge in [-0.05, 0) is 126 Å². The molecule has 0 spiro atoms. The normalized spacial score (nSPS) is 11.2. The standard InChI is InChI=1S/C56H39N/c1-5-17-40(18-6-1)46-35-47(41-19-7-2-8-20-41)37-50(36-46)57(49-33-34-52(42-21-9-3-10-22-42)56(39-49)43-23-11-4-12-24-43)48-31-29-44(30-32-48)55-38-45-25-13-14-26-51(45)53-27-15-16-28-54(53)55/h1-39H. The molecule has 0 amide bonds. The zero-order chi connectivity index (χ0) is 38.0. The van der Waals surface area contributed by atoms with E-state index in [1.54, 1.807) is 0 Å². The lowest BCUT2D eigenvalue weighted by Crippen LogP contribution is -2.11. The van der Waals surface area contributed by atoms with Crippen molar-refractivity contribution < 1.29 is 0 Å². The van der Waals surface area contributed by atoms with Crippen molar-refractivity contribution in [2.45, 2.75) is 0 Å². The Kier molecular flexibility index (Phi) is 8.95. The summed E-state index contributed by atoms with van der Waals surface area (Å²) in [6.07, 6.45) is 0. The molecule has 0 saturated carbocycles. The maximum Gasteiger partial charge on any atom is 0.0473 e. The molecule has 0 unspecified atom stereocenters. The van der Waals surface area contributed by atoms with Gasteiger partial charge in [0.1, 0.15) is 0 Å². The Morgan fingerprint density at radius 2 is 0.667 bits per heavy atom. The summed E-state index contributed by atoms with van der Waals surface area (Å²) in [5.74, 6) is 0. The lowest BCUT2D eigenvalue weighted by atomic mass is 9.92. The van der Waals surface area contributed by atoms with Crippen LogP contribution in [-0.4, -0.2) is 0 Å². The average Bonchev–Trinajstić information content (AvgIpc) is 3.30. The molecule has 0 atom stereocenters. The summed E-state index contributed by atoms with van der Waals surface area (Å²) in [5, 5.41) is 5.05. The molecular formula is C56H39N. The smallest absolute Gasteiger partial charge is 0.0473 e. The van der Waals surface area contributed by atoms with E-state index in [1.807, 2.05) is 0 Å². The molecular weight excluding hydrogens is 687 g/mol. The minimum atomic E-state index is 1.08. The van der Waals surface area contributed by atoms with E-state index in [4.69, 9.17) is 0 Å². The van der Waals surface area contributed by atoms with E-state index in [1.165, 1.54) is 77.2 Å². The van der Waals surface area contributed by atoms with Gasteiger partial charge in [0, 0.05) is 17.1 Å². The molecule has 0 saturated heterocycles. The second kappa shape index (κ2) is 15.0. The fourth-order valence-corrected chi connectivity index (χ4v) is 8.26. The van der Waals surface area contributed by atoms with Crippen LogP contribution in [0.2, 0.25) is 0 Å². The molecule has 10 rings (SSSR count). The number of hydrogen-bond acceptors (Lipinski definition) is 1. The van der Waals surface area contributed by atoms with E-state index in [-0.39, 0.29) is 0 Å². The highest BCUT2D eigenvalue weighted by Crippen LogP contribution is 2.44. The highest BCUT2D eigenvalue weighted by Gasteiger charge is 2.19. The quantitative estimate of drug-likeness (QED) is 0.141. The van der Waals surface area contributed by atoms with Gasteiger partial charge in [0.2, 0.25) is 0 Å². The molecule has 1 nitrogen and oxygen atoms in total. The van der Waals surface area contributed by atoms with Gasteiger partial charge < -0.3 is 4.90 Å². The Labute approximate surface area is 334 Å². The Bertz CT molecular complexity index is 2910. The van der Waals surface area contributed by atoms with Gasteiger partial charge in [0.15, 0.2) is 0 Å². The predicted molar refractivity (Wildman–Crippen MR) is 243 cm³/mol. The zero-order valence-electron chi connectivity index (χ0n) is 31.5. The molecule has 0 aliphatic rings. The number of rotatable bonds is 8. The van der Waals surface area contributed by atoms with Crippen molar-refractivity contribution in [2.24, 2.45) is 0 Å². The maximum atomic E-state index is 2.42. The fraction of sp³-hybridized carbons (Fsp3) is 0. The zero-order valence-corrected chi connectivity index (χ0v) is 31.5. The van der Waals surface area contributed by atoms with Crippen LogP contribution < -0.4 is 4.90 Å². The molecule has 0 heterocycles. The molecule has 0 aliphatic carbocycles. The molecule has 0 fully saturated rings. The van der Waals surface area contributed by atoms with Crippen molar-refractivity contribution in [1.29, 1.82) is 0 Å². The lowest BCUT2D eigenvalue weighted by molar-refractivity contribution is 1.28. The van der Waals surface area contributed by atoms with Crippen LogP contribution in [0.3, 0.4) is 0 Å². The van der Waals surface area contributed by atoms with Crippen molar-refractivity contribution in [3.05, 3.63) is 237 Å². The third-order valence-electron chi connectivity index (χ3n) is 11.0. The van der Waals surface area contributed by atoms with Crippen LogP contribution in [0.15, 0.2) is 237 Å². The second-order valence-corrected chi connectivity index (χ2v) is 14.5. The molecule has 0 aliphatic heterocycles. The average molecular weight is 726 g/mol. The highest BCUT2D eigenvalue weighted by molar-refractivity contribution is 6.13. The SMILES string of the molecule is c1ccc(-c2cc(-c3ccccc3)cc(N(c3ccc(-c4cc5ccccc5c5ccccc45)cc3)c3ccc(-c4ccccc4)c(-c4ccccc4)c3)c2)cc1. The van der Waals surface area contributed by atoms with Gasteiger partial charge in [-0.3, -0.25) is 0 Å². The molecule has 0 N–H and O–H groups in total. The maximum absolute atomic E-state index is 2.42. The van der Waals surface area contributed by atoms with Crippen molar-refractivity contribution >= 4 is 38.6 Å². The fourth-order valence-electron chi connectivity index (χ4n) is 8.26. The topological polar surface area (TPSA) is 3.24 Å². The summed E-state index contributed by atoms with van der Waals surface area (Å²) in [5.41, 5.74) is 15.1. The Morgan fingerprint density at radius 3 is 1.26 bits per heavy atom. The lowest BCUT2D eigenvalue weighted by Gasteiger charge is -2.28. The van der Waals surface area contributed by atoms with Crippen molar-refractivity contribution in [2.75, 3.05) is 4.90 Å². The summed E-state index contributed by atoms with van der Waals surface area (Å²) in [6.45, 7) is 0. The molecule has 0 aromatic heterocycles. The first-order valence-corrected chi connectivity index (χ1v) is 19.6. The van der Waals surface area contributed by atoms with Gasteiger partial charge in [-0.2, -0.15) is 0 Å². The minimum Gasteiger partial charge on any atom is -0.310 e. The monoisotopic (exact) mass is 725 g/mol. The number of nitrogens with zero attached hydrogens (tertiary/aromatic N) is 1. The molecule has 0 bridgehead atoms.